The molecule has 5 nitrogen and oxygen atoms in total. The minimum atomic E-state index is -1.21. The molecule has 2 fully saturated rings. The zero-order chi connectivity index (χ0) is 13.2. The van der Waals surface area contributed by atoms with Crippen LogP contribution in [0.25, 0.3) is 0 Å². The molecular weight excluding hydrogens is 251 g/mol. The van der Waals surface area contributed by atoms with Crippen LogP contribution in [0.2, 0.25) is 0 Å². The van der Waals surface area contributed by atoms with Gasteiger partial charge in [0.1, 0.15) is 0 Å². The zero-order valence-corrected chi connectivity index (χ0v) is 11.7. The van der Waals surface area contributed by atoms with E-state index in [0.29, 0.717) is 12.0 Å². The van der Waals surface area contributed by atoms with E-state index in [1.807, 2.05) is 6.07 Å². The molecule has 3 heterocycles. The van der Waals surface area contributed by atoms with E-state index in [9.17, 15) is 9.90 Å². The summed E-state index contributed by atoms with van der Waals surface area (Å²) in [5.41, 5.74) is 1.08. The van der Waals surface area contributed by atoms with Crippen LogP contribution in [-0.2, 0) is 4.74 Å². The van der Waals surface area contributed by atoms with Crippen molar-refractivity contribution in [2.45, 2.75) is 24.8 Å². The van der Waals surface area contributed by atoms with Crippen LogP contribution in [0.4, 0.5) is 0 Å². The first-order valence-corrected chi connectivity index (χ1v) is 6.73. The van der Waals surface area contributed by atoms with E-state index in [0.717, 1.165) is 44.7 Å². The number of nitrogens with zero attached hydrogens (tertiary/aromatic N) is 2. The van der Waals surface area contributed by atoms with E-state index in [1.54, 1.807) is 12.3 Å². The average Bonchev–Trinajstić information content (AvgIpc) is 2.37. The Morgan fingerprint density at radius 1 is 1.45 bits per heavy atom. The van der Waals surface area contributed by atoms with Gasteiger partial charge in [-0.15, -0.1) is 0 Å². The van der Waals surface area contributed by atoms with Crippen molar-refractivity contribution in [2.24, 2.45) is 0 Å². The fourth-order valence-corrected chi connectivity index (χ4v) is 2.86. The van der Waals surface area contributed by atoms with Gasteiger partial charge in [-0.05, 0) is 43.0 Å². The molecule has 1 atom stereocenters. The van der Waals surface area contributed by atoms with E-state index in [-0.39, 0.29) is 24.6 Å². The first kappa shape index (κ1) is 15.5. The summed E-state index contributed by atoms with van der Waals surface area (Å²) < 4.78 is 5.24. The predicted molar refractivity (Wildman–Crippen MR) is 66.7 cm³/mol. The number of ether oxygens (including phenoxy) is 1. The molecule has 2 aliphatic heterocycles. The van der Waals surface area contributed by atoms with E-state index < -0.39 is 5.97 Å². The second kappa shape index (κ2) is 6.73. The molecule has 20 heavy (non-hydrogen) atoms. The summed E-state index contributed by atoms with van der Waals surface area (Å²) >= 11 is 0. The molecule has 0 saturated carbocycles. The number of carboxylic acids is 1. The molecule has 2 saturated heterocycles. The van der Waals surface area contributed by atoms with Gasteiger partial charge in [0.25, 0.3) is 0 Å². The fourth-order valence-electron chi connectivity index (χ4n) is 2.86. The summed E-state index contributed by atoms with van der Waals surface area (Å²) in [6.07, 6.45) is 3.80. The molecule has 0 N–H and O–H groups in total. The van der Waals surface area contributed by atoms with Gasteiger partial charge in [-0.25, -0.2) is 0 Å². The van der Waals surface area contributed by atoms with Gasteiger partial charge >= 0.3 is 18.9 Å². The number of aromatic nitrogens is 1. The Labute approximate surface area is 130 Å². The monoisotopic (exact) mass is 268 g/mol. The minimum absolute atomic E-state index is 0. The molecule has 1 aromatic rings. The summed E-state index contributed by atoms with van der Waals surface area (Å²) in [4.78, 5) is 17.1. The number of hydrogen-bond acceptors (Lipinski definition) is 5. The summed E-state index contributed by atoms with van der Waals surface area (Å²) in [6.45, 7) is 3.74. The molecule has 0 aromatic carbocycles. The maximum absolute atomic E-state index is 10.9. The number of aromatic carboxylic acids is 1. The molecule has 2 aliphatic rings. The van der Waals surface area contributed by atoms with Crippen molar-refractivity contribution >= 4 is 5.97 Å². The van der Waals surface area contributed by atoms with Gasteiger partial charge < -0.3 is 14.6 Å². The van der Waals surface area contributed by atoms with Gasteiger partial charge in [-0.3, -0.25) is 9.88 Å². The van der Waals surface area contributed by atoms with E-state index >= 15 is 0 Å². The molecule has 0 amide bonds. The third kappa shape index (κ3) is 3.24. The number of carbonyl (C=O) groups excluding carboxylic acids is 1. The van der Waals surface area contributed by atoms with Gasteiger partial charge in [-0.1, -0.05) is 0 Å². The second-order valence-electron chi connectivity index (χ2n) is 5.29. The van der Waals surface area contributed by atoms with E-state index in [2.05, 4.69) is 9.88 Å². The Bertz CT molecular complexity index is 479. The van der Waals surface area contributed by atoms with Crippen molar-refractivity contribution in [1.82, 2.24) is 9.88 Å². The number of carboxylic acid groups (broad SMARTS) is 1. The molecule has 1 aromatic heterocycles. The number of carbonyl (C=O) groups is 1. The van der Waals surface area contributed by atoms with Crippen molar-refractivity contribution in [1.29, 1.82) is 0 Å². The maximum Gasteiger partial charge on any atom is 1.00 e. The fraction of sp³-hybridized carbons (Fsp3) is 0.571. The minimum Gasteiger partial charge on any atom is -0.543 e. The van der Waals surface area contributed by atoms with Crippen molar-refractivity contribution in [2.75, 3.05) is 26.3 Å². The first-order valence-electron chi connectivity index (χ1n) is 6.73. The summed E-state index contributed by atoms with van der Waals surface area (Å²) in [5, 5.41) is 10.9. The van der Waals surface area contributed by atoms with Crippen molar-refractivity contribution in [3.05, 3.63) is 29.6 Å². The standard InChI is InChI=1S/C14H18N2O3.Li/c17-14(18)13-6-10(3-4-15-13)11-2-1-5-16(7-11)12-8-19-9-12;/h3-4,6,11-12H,1-2,5,7-9H2,(H,17,18);/q;+1/p-1. The van der Waals surface area contributed by atoms with Crippen LogP contribution in [0.5, 0.6) is 0 Å². The Kier molecular flexibility index (Phi) is 5.22. The third-order valence-corrected chi connectivity index (χ3v) is 4.05. The first-order chi connectivity index (χ1) is 9.24. The number of rotatable bonds is 3. The van der Waals surface area contributed by atoms with Gasteiger partial charge in [0, 0.05) is 12.7 Å². The third-order valence-electron chi connectivity index (χ3n) is 4.05. The molecular formula is C14H17LiN2O3. The quantitative estimate of drug-likeness (QED) is 0.548. The topological polar surface area (TPSA) is 65.5 Å². The van der Waals surface area contributed by atoms with Crippen LogP contribution in [0, 0.1) is 0 Å². The van der Waals surface area contributed by atoms with E-state index in [1.165, 1.54) is 0 Å². The molecule has 6 heteroatoms. The molecule has 1 unspecified atom stereocenters. The van der Waals surface area contributed by atoms with Crippen molar-refractivity contribution in [3.8, 4) is 0 Å². The maximum atomic E-state index is 10.9. The van der Waals surface area contributed by atoms with Gasteiger partial charge in [0.05, 0.1) is 30.9 Å². The van der Waals surface area contributed by atoms with Crippen LogP contribution in [0.1, 0.15) is 34.8 Å². The zero-order valence-electron chi connectivity index (χ0n) is 11.7. The number of likely N-dealkylation sites (tertiary alicyclic amines) is 1. The predicted octanol–water partition coefficient (Wildman–Crippen LogP) is -2.97. The van der Waals surface area contributed by atoms with Crippen LogP contribution < -0.4 is 24.0 Å². The largest absolute Gasteiger partial charge is 1.00 e. The molecule has 3 rings (SSSR count). The Balaban J connectivity index is 0.00000147. The van der Waals surface area contributed by atoms with Crippen LogP contribution in [0.15, 0.2) is 18.3 Å². The number of hydrogen-bond donors (Lipinski definition) is 0. The van der Waals surface area contributed by atoms with Gasteiger partial charge in [0.2, 0.25) is 0 Å². The molecule has 0 spiro atoms. The SMILES string of the molecule is O=C([O-])c1cc(C2CCCN(C3COC3)C2)ccn1.[Li+]. The number of pyridine rings is 1. The molecule has 0 aliphatic carbocycles. The summed E-state index contributed by atoms with van der Waals surface area (Å²) in [5.74, 6) is -0.822. The smallest absolute Gasteiger partial charge is 0.543 e. The number of piperidine rings is 1. The molecule has 0 bridgehead atoms. The Hall–Kier alpha value is -0.863. The summed E-state index contributed by atoms with van der Waals surface area (Å²) in [6, 6.07) is 4.11. The average molecular weight is 268 g/mol. The van der Waals surface area contributed by atoms with E-state index in [4.69, 9.17) is 4.74 Å². The van der Waals surface area contributed by atoms with Gasteiger partial charge in [-0.2, -0.15) is 0 Å². The normalized spacial score (nSPS) is 23.7. The second-order valence-corrected chi connectivity index (χ2v) is 5.29. The molecule has 102 valence electrons. The van der Waals surface area contributed by atoms with Crippen LogP contribution >= 0.6 is 0 Å². The van der Waals surface area contributed by atoms with Crippen molar-refractivity contribution in [3.63, 3.8) is 0 Å². The molecule has 0 radical (unpaired) electrons. The van der Waals surface area contributed by atoms with Crippen LogP contribution in [0.3, 0.4) is 0 Å². The Morgan fingerprint density at radius 3 is 2.90 bits per heavy atom. The van der Waals surface area contributed by atoms with Crippen LogP contribution in [-0.4, -0.2) is 48.2 Å². The van der Waals surface area contributed by atoms with Crippen molar-refractivity contribution < 1.29 is 33.5 Å². The summed E-state index contributed by atoms with van der Waals surface area (Å²) in [7, 11) is 0. The Morgan fingerprint density at radius 2 is 2.25 bits per heavy atom. The van der Waals surface area contributed by atoms with Gasteiger partial charge in [0.15, 0.2) is 0 Å².